The Labute approximate surface area is 152 Å². The fourth-order valence-corrected chi connectivity index (χ4v) is 2.64. The number of halogens is 2. The predicted octanol–water partition coefficient (Wildman–Crippen LogP) is 3.22. The topological polar surface area (TPSA) is 64.7 Å². The molecule has 0 spiro atoms. The Kier molecular flexibility index (Phi) is 5.08. The van der Waals surface area contributed by atoms with Gasteiger partial charge in [0.2, 0.25) is 5.91 Å². The second-order valence-electron chi connectivity index (χ2n) is 5.38. The highest BCUT2D eigenvalue weighted by molar-refractivity contribution is 9.10. The molecule has 0 fully saturated rings. The van der Waals surface area contributed by atoms with Crippen LogP contribution in [0.5, 0.6) is 0 Å². The van der Waals surface area contributed by atoms with E-state index in [-0.39, 0.29) is 18.3 Å². The summed E-state index contributed by atoms with van der Waals surface area (Å²) in [6.07, 6.45) is 8.20. The van der Waals surface area contributed by atoms with Crippen molar-refractivity contribution in [2.45, 2.75) is 6.54 Å². The smallest absolute Gasteiger partial charge is 0.249 e. The number of amides is 1. The van der Waals surface area contributed by atoms with Crippen LogP contribution in [0, 0.1) is 5.82 Å². The average Bonchev–Trinajstić information content (AvgIpc) is 3.14. The van der Waals surface area contributed by atoms with E-state index in [1.807, 2.05) is 0 Å². The third-order valence-electron chi connectivity index (χ3n) is 3.40. The van der Waals surface area contributed by atoms with Gasteiger partial charge in [-0.2, -0.15) is 10.2 Å². The number of benzene rings is 1. The molecule has 25 heavy (non-hydrogen) atoms. The van der Waals surface area contributed by atoms with Gasteiger partial charge in [0.25, 0.3) is 0 Å². The van der Waals surface area contributed by atoms with Crippen LogP contribution in [0.3, 0.4) is 0 Å². The van der Waals surface area contributed by atoms with Crippen LogP contribution in [0.15, 0.2) is 53.4 Å². The lowest BCUT2D eigenvalue weighted by Gasteiger charge is -2.03. The molecular formula is C17H15BrFN5O. The van der Waals surface area contributed by atoms with Crippen LogP contribution in [0.2, 0.25) is 0 Å². The molecule has 1 aromatic carbocycles. The van der Waals surface area contributed by atoms with E-state index in [1.54, 1.807) is 59.3 Å². The van der Waals surface area contributed by atoms with Crippen molar-refractivity contribution in [3.8, 4) is 0 Å². The van der Waals surface area contributed by atoms with Gasteiger partial charge in [-0.1, -0.05) is 18.2 Å². The minimum atomic E-state index is -0.319. The van der Waals surface area contributed by atoms with Crippen molar-refractivity contribution >= 4 is 33.7 Å². The zero-order valence-corrected chi connectivity index (χ0v) is 14.9. The Morgan fingerprint density at radius 1 is 1.36 bits per heavy atom. The number of aryl methyl sites for hydroxylation is 1. The van der Waals surface area contributed by atoms with E-state index in [0.29, 0.717) is 15.9 Å². The summed E-state index contributed by atoms with van der Waals surface area (Å²) in [5, 5.41) is 11.0. The summed E-state index contributed by atoms with van der Waals surface area (Å²) in [6, 6.07) is 6.50. The second kappa shape index (κ2) is 7.43. The first-order valence-electron chi connectivity index (χ1n) is 7.45. The SMILES string of the molecule is Cn1cc(/C=C/C(=O)Nc2nn(Cc3ccccc3F)cc2Br)cn1. The average molecular weight is 404 g/mol. The Balaban J connectivity index is 1.67. The highest BCUT2D eigenvalue weighted by Crippen LogP contribution is 2.21. The standard InChI is InChI=1S/C17H15BrFN5O/c1-23-9-12(8-20-23)6-7-16(25)21-17-14(18)11-24(22-17)10-13-4-2-3-5-15(13)19/h2-9,11H,10H2,1H3,(H,21,22,25)/b7-6+. The molecule has 0 saturated carbocycles. The maximum Gasteiger partial charge on any atom is 0.249 e. The molecule has 3 rings (SSSR count). The number of nitrogens with one attached hydrogen (secondary N) is 1. The molecule has 0 aliphatic heterocycles. The predicted molar refractivity (Wildman–Crippen MR) is 96.3 cm³/mol. The summed E-state index contributed by atoms with van der Waals surface area (Å²) >= 11 is 3.35. The molecule has 1 amide bonds. The molecule has 0 aliphatic rings. The third-order valence-corrected chi connectivity index (χ3v) is 3.98. The molecular weight excluding hydrogens is 389 g/mol. The third kappa shape index (κ3) is 4.42. The van der Waals surface area contributed by atoms with Gasteiger partial charge in [0.1, 0.15) is 5.82 Å². The lowest BCUT2D eigenvalue weighted by Crippen LogP contribution is -2.10. The largest absolute Gasteiger partial charge is 0.305 e. The van der Waals surface area contributed by atoms with Gasteiger partial charge in [0.05, 0.1) is 17.2 Å². The fraction of sp³-hybridized carbons (Fsp3) is 0.118. The van der Waals surface area contributed by atoms with E-state index in [4.69, 9.17) is 0 Å². The van der Waals surface area contributed by atoms with Crippen LogP contribution in [0.1, 0.15) is 11.1 Å². The van der Waals surface area contributed by atoms with Crippen molar-refractivity contribution in [3.05, 3.63) is 70.3 Å². The number of carbonyl (C=O) groups is 1. The normalized spacial score (nSPS) is 11.2. The van der Waals surface area contributed by atoms with Gasteiger partial charge in [-0.15, -0.1) is 0 Å². The molecule has 0 aliphatic carbocycles. The van der Waals surface area contributed by atoms with Gasteiger partial charge in [0.15, 0.2) is 5.82 Å². The first-order chi connectivity index (χ1) is 12.0. The molecule has 8 heteroatoms. The summed E-state index contributed by atoms with van der Waals surface area (Å²) in [7, 11) is 1.80. The molecule has 0 saturated heterocycles. The van der Waals surface area contributed by atoms with Crippen molar-refractivity contribution in [1.82, 2.24) is 19.6 Å². The fourth-order valence-electron chi connectivity index (χ4n) is 2.22. The summed E-state index contributed by atoms with van der Waals surface area (Å²) in [4.78, 5) is 12.0. The molecule has 0 unspecified atom stereocenters. The highest BCUT2D eigenvalue weighted by atomic mass is 79.9. The maximum atomic E-state index is 13.7. The molecule has 6 nitrogen and oxygen atoms in total. The van der Waals surface area contributed by atoms with Crippen LogP contribution >= 0.6 is 15.9 Å². The molecule has 0 atom stereocenters. The van der Waals surface area contributed by atoms with Crippen LogP contribution in [-0.4, -0.2) is 25.5 Å². The van der Waals surface area contributed by atoms with Crippen molar-refractivity contribution in [2.75, 3.05) is 5.32 Å². The number of aromatic nitrogens is 4. The van der Waals surface area contributed by atoms with Gasteiger partial charge in [0, 0.05) is 36.6 Å². The van der Waals surface area contributed by atoms with Crippen molar-refractivity contribution in [1.29, 1.82) is 0 Å². The lowest BCUT2D eigenvalue weighted by molar-refractivity contribution is -0.111. The van der Waals surface area contributed by atoms with E-state index in [2.05, 4.69) is 31.4 Å². The van der Waals surface area contributed by atoms with Crippen molar-refractivity contribution < 1.29 is 9.18 Å². The van der Waals surface area contributed by atoms with E-state index in [0.717, 1.165) is 5.56 Å². The Morgan fingerprint density at radius 2 is 2.16 bits per heavy atom. The Bertz CT molecular complexity index is 931. The lowest BCUT2D eigenvalue weighted by atomic mass is 10.2. The van der Waals surface area contributed by atoms with E-state index < -0.39 is 0 Å². The van der Waals surface area contributed by atoms with Gasteiger partial charge < -0.3 is 5.32 Å². The number of hydrogen-bond donors (Lipinski definition) is 1. The summed E-state index contributed by atoms with van der Waals surface area (Å²) in [5.41, 5.74) is 1.34. The quantitative estimate of drug-likeness (QED) is 0.665. The number of rotatable bonds is 5. The van der Waals surface area contributed by atoms with Crippen LogP contribution in [0.25, 0.3) is 6.08 Å². The molecule has 2 aromatic heterocycles. The molecule has 2 heterocycles. The van der Waals surface area contributed by atoms with Crippen LogP contribution in [0.4, 0.5) is 10.2 Å². The zero-order valence-electron chi connectivity index (χ0n) is 13.4. The van der Waals surface area contributed by atoms with Crippen molar-refractivity contribution in [3.63, 3.8) is 0 Å². The summed E-state index contributed by atoms with van der Waals surface area (Å²) in [6.45, 7) is 0.271. The highest BCUT2D eigenvalue weighted by Gasteiger charge is 2.10. The minimum Gasteiger partial charge on any atom is -0.305 e. The minimum absolute atomic E-state index is 0.271. The van der Waals surface area contributed by atoms with Crippen LogP contribution < -0.4 is 5.32 Å². The summed E-state index contributed by atoms with van der Waals surface area (Å²) in [5.74, 6) is -0.239. The molecule has 0 radical (unpaired) electrons. The number of nitrogens with zero attached hydrogens (tertiary/aromatic N) is 4. The zero-order chi connectivity index (χ0) is 17.8. The van der Waals surface area contributed by atoms with Gasteiger partial charge >= 0.3 is 0 Å². The maximum absolute atomic E-state index is 13.7. The van der Waals surface area contributed by atoms with Gasteiger partial charge in [-0.3, -0.25) is 14.2 Å². The number of carbonyl (C=O) groups excluding carboxylic acids is 1. The van der Waals surface area contributed by atoms with Crippen molar-refractivity contribution in [2.24, 2.45) is 7.05 Å². The van der Waals surface area contributed by atoms with E-state index in [1.165, 1.54) is 12.1 Å². The molecule has 128 valence electrons. The van der Waals surface area contributed by atoms with Gasteiger partial charge in [-0.05, 0) is 28.1 Å². The summed E-state index contributed by atoms with van der Waals surface area (Å²) < 4.78 is 17.5. The monoisotopic (exact) mass is 403 g/mol. The first-order valence-corrected chi connectivity index (χ1v) is 8.24. The first kappa shape index (κ1) is 17.1. The number of hydrogen-bond acceptors (Lipinski definition) is 3. The Hall–Kier alpha value is -2.74. The van der Waals surface area contributed by atoms with E-state index >= 15 is 0 Å². The molecule has 0 bridgehead atoms. The Morgan fingerprint density at radius 3 is 2.88 bits per heavy atom. The second-order valence-corrected chi connectivity index (χ2v) is 6.24. The molecule has 3 aromatic rings. The van der Waals surface area contributed by atoms with Crippen LogP contribution in [-0.2, 0) is 18.4 Å². The van der Waals surface area contributed by atoms with Gasteiger partial charge in [-0.25, -0.2) is 4.39 Å². The number of anilines is 1. The molecule has 1 N–H and O–H groups in total. The van der Waals surface area contributed by atoms with E-state index in [9.17, 15) is 9.18 Å².